The van der Waals surface area contributed by atoms with E-state index in [2.05, 4.69) is 5.32 Å². The van der Waals surface area contributed by atoms with Crippen molar-refractivity contribution in [2.45, 2.75) is 18.7 Å². The highest BCUT2D eigenvalue weighted by Gasteiger charge is 2.29. The quantitative estimate of drug-likeness (QED) is 0.551. The predicted octanol–water partition coefficient (Wildman–Crippen LogP) is 4.80. The summed E-state index contributed by atoms with van der Waals surface area (Å²) in [5.41, 5.74) is 2.71. The third kappa shape index (κ3) is 5.37. The normalized spacial score (nSPS) is 11.1. The highest BCUT2D eigenvalue weighted by atomic mass is 35.5. The molecule has 0 radical (unpaired) electrons. The molecule has 0 fully saturated rings. The molecule has 0 saturated heterocycles. The van der Waals surface area contributed by atoms with Crippen LogP contribution in [0.1, 0.15) is 11.1 Å². The Hall–Kier alpha value is -3.03. The molecule has 0 heterocycles. The van der Waals surface area contributed by atoms with Gasteiger partial charge in [0.2, 0.25) is 5.91 Å². The first-order valence-corrected chi connectivity index (χ1v) is 11.3. The van der Waals surface area contributed by atoms with E-state index in [9.17, 15) is 13.2 Å². The smallest absolute Gasteiger partial charge is 0.264 e. The highest BCUT2D eigenvalue weighted by Crippen LogP contribution is 2.35. The molecule has 3 aromatic carbocycles. The number of methoxy groups -OCH3 is 1. The minimum atomic E-state index is -4.08. The van der Waals surface area contributed by atoms with Crippen LogP contribution in [0.25, 0.3) is 0 Å². The predicted molar refractivity (Wildman–Crippen MR) is 124 cm³/mol. The van der Waals surface area contributed by atoms with Gasteiger partial charge in [0.15, 0.2) is 0 Å². The lowest BCUT2D eigenvalue weighted by atomic mass is 10.2. The molecule has 31 heavy (non-hydrogen) atoms. The minimum Gasteiger partial charge on any atom is -0.495 e. The Morgan fingerprint density at radius 3 is 2.13 bits per heavy atom. The lowest BCUT2D eigenvalue weighted by Crippen LogP contribution is -2.38. The third-order valence-electron chi connectivity index (χ3n) is 4.64. The first-order valence-electron chi connectivity index (χ1n) is 9.50. The number of halogens is 1. The molecule has 0 unspecified atom stereocenters. The molecule has 8 heteroatoms. The summed E-state index contributed by atoms with van der Waals surface area (Å²) in [5.74, 6) is -0.218. The van der Waals surface area contributed by atoms with Gasteiger partial charge in [0.25, 0.3) is 10.0 Å². The molecule has 0 bridgehead atoms. The molecule has 3 rings (SSSR count). The fourth-order valence-electron chi connectivity index (χ4n) is 2.96. The van der Waals surface area contributed by atoms with Gasteiger partial charge < -0.3 is 10.1 Å². The van der Waals surface area contributed by atoms with Crippen LogP contribution in [0.3, 0.4) is 0 Å². The molecule has 0 aliphatic carbocycles. The van der Waals surface area contributed by atoms with E-state index in [1.54, 1.807) is 36.4 Å². The molecule has 3 aromatic rings. The molecule has 0 atom stereocenters. The summed E-state index contributed by atoms with van der Waals surface area (Å²) >= 11 is 6.14. The van der Waals surface area contributed by atoms with Crippen LogP contribution in [0.2, 0.25) is 5.02 Å². The molecule has 0 saturated carbocycles. The van der Waals surface area contributed by atoms with Crippen molar-refractivity contribution in [3.8, 4) is 5.75 Å². The molecular weight excluding hydrogens is 436 g/mol. The Morgan fingerprint density at radius 1 is 0.968 bits per heavy atom. The standard InChI is InChI=1S/C23H23ClN2O4S/c1-16-4-9-19(10-5-16)25-23(27)15-26(21-14-18(24)8-13-22(21)30-3)31(28,29)20-11-6-17(2)7-12-20/h4-14H,15H2,1-3H3,(H,25,27). The summed E-state index contributed by atoms with van der Waals surface area (Å²) in [4.78, 5) is 12.9. The Labute approximate surface area is 187 Å². The molecule has 6 nitrogen and oxygen atoms in total. The maximum Gasteiger partial charge on any atom is 0.264 e. The van der Waals surface area contributed by atoms with Gasteiger partial charge in [0.1, 0.15) is 12.3 Å². The number of nitrogens with one attached hydrogen (secondary N) is 1. The topological polar surface area (TPSA) is 75.7 Å². The van der Waals surface area contributed by atoms with E-state index in [1.807, 2.05) is 26.0 Å². The largest absolute Gasteiger partial charge is 0.495 e. The van der Waals surface area contributed by atoms with E-state index in [-0.39, 0.29) is 16.3 Å². The summed E-state index contributed by atoms with van der Waals surface area (Å²) in [6, 6.07) is 18.3. The van der Waals surface area contributed by atoms with Gasteiger partial charge in [-0.15, -0.1) is 0 Å². The SMILES string of the molecule is COc1ccc(Cl)cc1N(CC(=O)Nc1ccc(C)cc1)S(=O)(=O)c1ccc(C)cc1. The van der Waals surface area contributed by atoms with E-state index < -0.39 is 22.5 Å². The van der Waals surface area contributed by atoms with Gasteiger partial charge in [-0.05, 0) is 56.3 Å². The van der Waals surface area contributed by atoms with Crippen LogP contribution in [-0.2, 0) is 14.8 Å². The van der Waals surface area contributed by atoms with Gasteiger partial charge in [-0.25, -0.2) is 8.42 Å². The summed E-state index contributed by atoms with van der Waals surface area (Å²) in [5, 5.41) is 3.05. The third-order valence-corrected chi connectivity index (χ3v) is 6.65. The monoisotopic (exact) mass is 458 g/mol. The zero-order valence-corrected chi connectivity index (χ0v) is 19.0. The Balaban J connectivity index is 2.02. The molecule has 0 aromatic heterocycles. The second-order valence-corrected chi connectivity index (χ2v) is 9.35. The number of rotatable bonds is 7. The van der Waals surface area contributed by atoms with Crippen LogP contribution in [0, 0.1) is 13.8 Å². The number of carbonyl (C=O) groups is 1. The first kappa shape index (κ1) is 22.7. The number of nitrogens with zero attached hydrogens (tertiary/aromatic N) is 1. The van der Waals surface area contributed by atoms with E-state index in [0.717, 1.165) is 15.4 Å². The average Bonchev–Trinajstić information content (AvgIpc) is 2.74. The number of hydrogen-bond acceptors (Lipinski definition) is 4. The van der Waals surface area contributed by atoms with Crippen LogP contribution in [0.15, 0.2) is 71.6 Å². The van der Waals surface area contributed by atoms with Gasteiger partial charge in [0.05, 0.1) is 17.7 Å². The van der Waals surface area contributed by atoms with Crippen molar-refractivity contribution in [2.75, 3.05) is 23.3 Å². The minimum absolute atomic E-state index is 0.0586. The summed E-state index contributed by atoms with van der Waals surface area (Å²) in [6.45, 7) is 3.34. The van der Waals surface area contributed by atoms with Crippen molar-refractivity contribution < 1.29 is 17.9 Å². The number of sulfonamides is 1. The van der Waals surface area contributed by atoms with Crippen molar-refractivity contribution in [3.63, 3.8) is 0 Å². The Morgan fingerprint density at radius 2 is 1.55 bits per heavy atom. The van der Waals surface area contributed by atoms with Crippen molar-refractivity contribution in [1.82, 2.24) is 0 Å². The van der Waals surface area contributed by atoms with E-state index in [0.29, 0.717) is 10.7 Å². The van der Waals surface area contributed by atoms with Gasteiger partial charge in [-0.1, -0.05) is 47.0 Å². The van der Waals surface area contributed by atoms with Gasteiger partial charge in [-0.3, -0.25) is 9.10 Å². The molecule has 1 N–H and O–H groups in total. The van der Waals surface area contributed by atoms with Crippen LogP contribution in [0.4, 0.5) is 11.4 Å². The number of benzene rings is 3. The number of carbonyl (C=O) groups excluding carboxylic acids is 1. The fourth-order valence-corrected chi connectivity index (χ4v) is 4.55. The van der Waals surface area contributed by atoms with Crippen LogP contribution < -0.4 is 14.4 Å². The maximum absolute atomic E-state index is 13.5. The van der Waals surface area contributed by atoms with Crippen LogP contribution in [-0.4, -0.2) is 28.0 Å². The lowest BCUT2D eigenvalue weighted by molar-refractivity contribution is -0.114. The van der Waals surface area contributed by atoms with Crippen molar-refractivity contribution in [1.29, 1.82) is 0 Å². The van der Waals surface area contributed by atoms with Crippen LogP contribution >= 0.6 is 11.6 Å². The van der Waals surface area contributed by atoms with Gasteiger partial charge >= 0.3 is 0 Å². The lowest BCUT2D eigenvalue weighted by Gasteiger charge is -2.26. The van der Waals surface area contributed by atoms with Crippen molar-refractivity contribution in [2.24, 2.45) is 0 Å². The summed E-state index contributed by atoms with van der Waals surface area (Å²) < 4.78 is 33.4. The second-order valence-electron chi connectivity index (χ2n) is 7.06. The molecule has 1 amide bonds. The van der Waals surface area contributed by atoms with Crippen LogP contribution in [0.5, 0.6) is 5.75 Å². The number of hydrogen-bond donors (Lipinski definition) is 1. The summed E-state index contributed by atoms with van der Waals surface area (Å²) in [6.07, 6.45) is 0. The van der Waals surface area contributed by atoms with E-state index >= 15 is 0 Å². The Kier molecular flexibility index (Phi) is 6.87. The second kappa shape index (κ2) is 9.41. The molecule has 0 spiro atoms. The highest BCUT2D eigenvalue weighted by molar-refractivity contribution is 7.92. The average molecular weight is 459 g/mol. The number of aryl methyl sites for hydroxylation is 2. The van der Waals surface area contributed by atoms with E-state index in [1.165, 1.54) is 25.3 Å². The molecule has 0 aliphatic heterocycles. The molecule has 162 valence electrons. The van der Waals surface area contributed by atoms with Crippen molar-refractivity contribution >= 4 is 38.9 Å². The van der Waals surface area contributed by atoms with Gasteiger partial charge in [-0.2, -0.15) is 0 Å². The first-order chi connectivity index (χ1) is 14.7. The zero-order chi connectivity index (χ0) is 22.6. The van der Waals surface area contributed by atoms with E-state index in [4.69, 9.17) is 16.3 Å². The number of amides is 1. The number of anilines is 2. The molecule has 0 aliphatic rings. The molecular formula is C23H23ClN2O4S. The summed E-state index contributed by atoms with van der Waals surface area (Å²) in [7, 11) is -2.65. The Bertz CT molecular complexity index is 1180. The zero-order valence-electron chi connectivity index (χ0n) is 17.4. The maximum atomic E-state index is 13.5. The van der Waals surface area contributed by atoms with Crippen molar-refractivity contribution in [3.05, 3.63) is 82.9 Å². The number of ether oxygens (including phenoxy) is 1. The van der Waals surface area contributed by atoms with Gasteiger partial charge in [0, 0.05) is 10.7 Å². The fraction of sp³-hybridized carbons (Fsp3) is 0.174.